The van der Waals surface area contributed by atoms with E-state index in [-0.39, 0.29) is 17.8 Å². The van der Waals surface area contributed by atoms with E-state index in [9.17, 15) is 13.6 Å². The van der Waals surface area contributed by atoms with Crippen LogP contribution in [0.25, 0.3) is 28.0 Å². The van der Waals surface area contributed by atoms with Gasteiger partial charge >= 0.3 is 0 Å². The average molecular weight is 506 g/mol. The molecule has 0 unspecified atom stereocenters. The van der Waals surface area contributed by atoms with Crippen LogP contribution in [0.15, 0.2) is 48.5 Å². The molecule has 9 nitrogen and oxygen atoms in total. The standard InChI is InChI=1S/C26H25F2N7O2/c27-17-5-1-4-16(14-17)22-21-23(29)35(19-7-2-6-18(28)15-19)32-24(21)31-26(30-22)34-11-9-33(10-12-34)25(36)20-8-3-13-37-20/h1-2,4-7,14-15,20H,3,8-13,29H2/t20-/m0/s1. The van der Waals surface area contributed by atoms with Gasteiger partial charge in [-0.2, -0.15) is 4.98 Å². The number of piperazine rings is 1. The fourth-order valence-electron chi connectivity index (χ4n) is 4.89. The minimum Gasteiger partial charge on any atom is -0.383 e. The minimum atomic E-state index is -0.427. The SMILES string of the molecule is Nc1c2c(-c3cccc(F)c3)nc(N3CCN(C(=O)[C@@H]4CCCO4)CC3)nc2nn1-c1cccc(F)c1. The number of carbonyl (C=O) groups excluding carboxylic acids is 1. The van der Waals surface area contributed by atoms with Crippen molar-refractivity contribution in [2.24, 2.45) is 0 Å². The topological polar surface area (TPSA) is 102 Å². The Kier molecular flexibility index (Phi) is 5.91. The Morgan fingerprint density at radius 1 is 1.00 bits per heavy atom. The third-order valence-electron chi connectivity index (χ3n) is 6.79. The Morgan fingerprint density at radius 2 is 1.76 bits per heavy atom. The van der Waals surface area contributed by atoms with Crippen molar-refractivity contribution in [3.8, 4) is 16.9 Å². The van der Waals surface area contributed by atoms with Gasteiger partial charge in [-0.05, 0) is 43.2 Å². The number of hydrogen-bond donors (Lipinski definition) is 1. The molecule has 2 N–H and O–H groups in total. The molecule has 4 heterocycles. The number of anilines is 2. The first-order chi connectivity index (χ1) is 18.0. The normalized spacial score (nSPS) is 18.1. The highest BCUT2D eigenvalue weighted by atomic mass is 19.1. The number of ether oxygens (including phenoxy) is 1. The number of rotatable bonds is 4. The largest absolute Gasteiger partial charge is 0.383 e. The van der Waals surface area contributed by atoms with Crippen LogP contribution in [0.1, 0.15) is 12.8 Å². The molecule has 0 radical (unpaired) electrons. The molecule has 0 saturated carbocycles. The summed E-state index contributed by atoms with van der Waals surface area (Å²) in [5.41, 5.74) is 8.16. The van der Waals surface area contributed by atoms with Gasteiger partial charge in [-0.25, -0.2) is 18.4 Å². The first-order valence-corrected chi connectivity index (χ1v) is 12.2. The number of nitrogen functional groups attached to an aromatic ring is 1. The fraction of sp³-hybridized carbons (Fsp3) is 0.308. The second-order valence-corrected chi connectivity index (χ2v) is 9.17. The number of hydrogen-bond acceptors (Lipinski definition) is 7. The summed E-state index contributed by atoms with van der Waals surface area (Å²) in [6, 6.07) is 12.0. The van der Waals surface area contributed by atoms with Crippen molar-refractivity contribution in [2.45, 2.75) is 18.9 Å². The van der Waals surface area contributed by atoms with E-state index < -0.39 is 11.6 Å². The molecule has 2 fully saturated rings. The van der Waals surface area contributed by atoms with E-state index in [4.69, 9.17) is 15.5 Å². The van der Waals surface area contributed by atoms with E-state index in [0.717, 1.165) is 12.8 Å². The molecule has 1 amide bonds. The van der Waals surface area contributed by atoms with Gasteiger partial charge in [-0.1, -0.05) is 18.2 Å². The zero-order valence-electron chi connectivity index (χ0n) is 20.0. The number of amides is 1. The summed E-state index contributed by atoms with van der Waals surface area (Å²) in [5, 5.41) is 5.01. The van der Waals surface area contributed by atoms with E-state index >= 15 is 0 Å². The van der Waals surface area contributed by atoms with Gasteiger partial charge in [0.15, 0.2) is 5.65 Å². The van der Waals surface area contributed by atoms with Gasteiger partial charge in [0.05, 0.1) is 16.8 Å². The maximum atomic E-state index is 14.2. The van der Waals surface area contributed by atoms with Crippen LogP contribution in [0.2, 0.25) is 0 Å². The highest BCUT2D eigenvalue weighted by Gasteiger charge is 2.31. The molecule has 6 rings (SSSR count). The number of carbonyl (C=O) groups is 1. The summed E-state index contributed by atoms with van der Waals surface area (Å²) in [6.07, 6.45) is 1.30. The van der Waals surface area contributed by atoms with Gasteiger partial charge in [0, 0.05) is 38.3 Å². The summed E-state index contributed by atoms with van der Waals surface area (Å²) in [5.74, 6) is -0.194. The number of halogens is 2. The van der Waals surface area contributed by atoms with Crippen LogP contribution < -0.4 is 10.6 Å². The predicted molar refractivity (Wildman–Crippen MR) is 134 cm³/mol. The molecule has 4 aromatic rings. The lowest BCUT2D eigenvalue weighted by Crippen LogP contribution is -2.51. The molecule has 0 aliphatic carbocycles. The Bertz CT molecular complexity index is 1480. The number of nitrogens with two attached hydrogens (primary N) is 1. The molecule has 1 atom stereocenters. The van der Waals surface area contributed by atoms with Gasteiger partial charge in [0.1, 0.15) is 23.6 Å². The van der Waals surface area contributed by atoms with Crippen molar-refractivity contribution in [3.05, 3.63) is 60.2 Å². The summed E-state index contributed by atoms with van der Waals surface area (Å²) >= 11 is 0. The highest BCUT2D eigenvalue weighted by molar-refractivity contribution is 5.99. The number of fused-ring (bicyclic) bond motifs is 1. The third-order valence-corrected chi connectivity index (χ3v) is 6.79. The Hall–Kier alpha value is -4.12. The van der Waals surface area contributed by atoms with Gasteiger partial charge in [0.25, 0.3) is 5.91 Å². The first kappa shape index (κ1) is 23.3. The predicted octanol–water partition coefficient (Wildman–Crippen LogP) is 3.17. The average Bonchev–Trinajstić information content (AvgIpc) is 3.56. The Labute approximate surface area is 211 Å². The number of nitrogens with zero attached hydrogens (tertiary/aromatic N) is 6. The van der Waals surface area contributed by atoms with Crippen molar-refractivity contribution in [2.75, 3.05) is 43.4 Å². The summed E-state index contributed by atoms with van der Waals surface area (Å²) in [4.78, 5) is 26.0. The minimum absolute atomic E-state index is 0.0237. The molecule has 0 bridgehead atoms. The lowest BCUT2D eigenvalue weighted by atomic mass is 10.1. The first-order valence-electron chi connectivity index (χ1n) is 12.2. The molecule has 0 spiro atoms. The van der Waals surface area contributed by atoms with Crippen LogP contribution in [-0.4, -0.2) is 69.4 Å². The lowest BCUT2D eigenvalue weighted by Gasteiger charge is -2.35. The van der Waals surface area contributed by atoms with Crippen molar-refractivity contribution < 1.29 is 18.3 Å². The quantitative estimate of drug-likeness (QED) is 0.455. The zero-order chi connectivity index (χ0) is 25.5. The van der Waals surface area contributed by atoms with Crippen molar-refractivity contribution in [1.29, 1.82) is 0 Å². The molecule has 2 aromatic heterocycles. The highest BCUT2D eigenvalue weighted by Crippen LogP contribution is 2.34. The van der Waals surface area contributed by atoms with Gasteiger partial charge < -0.3 is 20.3 Å². The van der Waals surface area contributed by atoms with Crippen LogP contribution in [0.5, 0.6) is 0 Å². The number of aromatic nitrogens is 4. The van der Waals surface area contributed by atoms with Gasteiger partial charge in [0.2, 0.25) is 5.95 Å². The monoisotopic (exact) mass is 505 g/mol. The van der Waals surface area contributed by atoms with Crippen molar-refractivity contribution in [3.63, 3.8) is 0 Å². The van der Waals surface area contributed by atoms with E-state index in [0.29, 0.717) is 66.7 Å². The Morgan fingerprint density at radius 3 is 2.46 bits per heavy atom. The van der Waals surface area contributed by atoms with Gasteiger partial charge in [-0.15, -0.1) is 5.10 Å². The number of benzene rings is 2. The fourth-order valence-corrected chi connectivity index (χ4v) is 4.89. The second kappa shape index (κ2) is 9.40. The maximum absolute atomic E-state index is 14.2. The molecular weight excluding hydrogens is 480 g/mol. The molecule has 2 aromatic carbocycles. The second-order valence-electron chi connectivity index (χ2n) is 9.17. The van der Waals surface area contributed by atoms with Crippen LogP contribution in [0.3, 0.4) is 0 Å². The summed E-state index contributed by atoms with van der Waals surface area (Å²) in [6.45, 7) is 2.68. The van der Waals surface area contributed by atoms with E-state index in [1.807, 2.05) is 9.80 Å². The molecular formula is C26H25F2N7O2. The van der Waals surface area contributed by atoms with Crippen LogP contribution in [-0.2, 0) is 9.53 Å². The van der Waals surface area contributed by atoms with Crippen LogP contribution in [0, 0.1) is 11.6 Å². The van der Waals surface area contributed by atoms with Gasteiger partial charge in [-0.3, -0.25) is 4.79 Å². The molecule has 190 valence electrons. The molecule has 11 heteroatoms. The molecule has 37 heavy (non-hydrogen) atoms. The molecule has 2 aliphatic heterocycles. The molecule has 2 aliphatic rings. The summed E-state index contributed by atoms with van der Waals surface area (Å²) in [7, 11) is 0. The smallest absolute Gasteiger partial charge is 0.251 e. The zero-order valence-corrected chi connectivity index (χ0v) is 20.0. The maximum Gasteiger partial charge on any atom is 0.251 e. The van der Waals surface area contributed by atoms with Crippen molar-refractivity contribution in [1.82, 2.24) is 24.6 Å². The van der Waals surface area contributed by atoms with Crippen molar-refractivity contribution >= 4 is 28.7 Å². The summed E-state index contributed by atoms with van der Waals surface area (Å²) < 4.78 is 35.1. The van der Waals surface area contributed by atoms with Crippen LogP contribution in [0.4, 0.5) is 20.5 Å². The molecule has 2 saturated heterocycles. The Balaban J connectivity index is 1.38. The van der Waals surface area contributed by atoms with Crippen LogP contribution >= 0.6 is 0 Å². The van der Waals surface area contributed by atoms with E-state index in [1.54, 1.807) is 24.3 Å². The van der Waals surface area contributed by atoms with E-state index in [2.05, 4.69) is 10.1 Å². The third kappa shape index (κ3) is 4.35. The van der Waals surface area contributed by atoms with E-state index in [1.165, 1.54) is 28.9 Å². The lowest BCUT2D eigenvalue weighted by molar-refractivity contribution is -0.141.